The summed E-state index contributed by atoms with van der Waals surface area (Å²) in [6.45, 7) is 2.44. The van der Waals surface area contributed by atoms with Crippen LogP contribution >= 0.6 is 11.6 Å². The van der Waals surface area contributed by atoms with E-state index >= 15 is 0 Å². The summed E-state index contributed by atoms with van der Waals surface area (Å²) in [4.78, 5) is 27.2. The zero-order chi connectivity index (χ0) is 16.1. The number of hydrogen-bond acceptors (Lipinski definition) is 3. The molecule has 0 aromatic heterocycles. The Kier molecular flexibility index (Phi) is 5.80. The number of piperidine rings is 1. The lowest BCUT2D eigenvalue weighted by Gasteiger charge is -2.31. The first-order valence-corrected chi connectivity index (χ1v) is 7.83. The Morgan fingerprint density at radius 1 is 1.27 bits per heavy atom. The van der Waals surface area contributed by atoms with Gasteiger partial charge < -0.3 is 10.6 Å². The van der Waals surface area contributed by atoms with Gasteiger partial charge >= 0.3 is 0 Å². The first-order valence-electron chi connectivity index (χ1n) is 7.46. The Balaban J connectivity index is 1.79. The van der Waals surface area contributed by atoms with Gasteiger partial charge in [0.2, 0.25) is 11.8 Å². The van der Waals surface area contributed by atoms with Gasteiger partial charge in [0.25, 0.3) is 0 Å². The number of carbonyl (C=O) groups is 2. The second-order valence-electron chi connectivity index (χ2n) is 5.83. The standard InChI is InChI=1S/C16H22ClN3O2/c1-19(10-12-2-4-14(17)5-3-12)15(21)11-20-8-6-13(7-9-20)16(18)22/h2-5,13H,6-11H2,1H3,(H2,18,22). The van der Waals surface area contributed by atoms with Crippen LogP contribution in [0.15, 0.2) is 24.3 Å². The van der Waals surface area contributed by atoms with Crippen LogP contribution in [0.3, 0.4) is 0 Å². The third kappa shape index (κ3) is 4.71. The van der Waals surface area contributed by atoms with Crippen molar-refractivity contribution in [3.63, 3.8) is 0 Å². The number of halogens is 1. The molecule has 120 valence electrons. The van der Waals surface area contributed by atoms with Crippen molar-refractivity contribution >= 4 is 23.4 Å². The largest absolute Gasteiger partial charge is 0.369 e. The fourth-order valence-corrected chi connectivity index (χ4v) is 2.77. The molecule has 1 fully saturated rings. The number of benzene rings is 1. The van der Waals surface area contributed by atoms with E-state index in [1.807, 2.05) is 24.3 Å². The third-order valence-corrected chi connectivity index (χ3v) is 4.36. The van der Waals surface area contributed by atoms with Crippen molar-refractivity contribution in [3.8, 4) is 0 Å². The molecule has 6 heteroatoms. The highest BCUT2D eigenvalue weighted by molar-refractivity contribution is 6.30. The summed E-state index contributed by atoms with van der Waals surface area (Å²) in [7, 11) is 1.80. The lowest BCUT2D eigenvalue weighted by atomic mass is 9.96. The monoisotopic (exact) mass is 323 g/mol. The average Bonchev–Trinajstić information content (AvgIpc) is 2.50. The minimum Gasteiger partial charge on any atom is -0.369 e. The highest BCUT2D eigenvalue weighted by Gasteiger charge is 2.24. The molecule has 0 unspecified atom stereocenters. The van der Waals surface area contributed by atoms with E-state index < -0.39 is 0 Å². The van der Waals surface area contributed by atoms with Gasteiger partial charge in [-0.1, -0.05) is 23.7 Å². The molecule has 22 heavy (non-hydrogen) atoms. The number of likely N-dealkylation sites (N-methyl/N-ethyl adjacent to an activating group) is 1. The van der Waals surface area contributed by atoms with Gasteiger partial charge in [-0.2, -0.15) is 0 Å². The van der Waals surface area contributed by atoms with Gasteiger partial charge in [-0.05, 0) is 43.6 Å². The second-order valence-corrected chi connectivity index (χ2v) is 6.27. The lowest BCUT2D eigenvalue weighted by Crippen LogP contribution is -2.43. The van der Waals surface area contributed by atoms with Gasteiger partial charge in [0.05, 0.1) is 6.54 Å². The third-order valence-electron chi connectivity index (χ3n) is 4.11. The molecule has 0 bridgehead atoms. The molecule has 0 radical (unpaired) electrons. The SMILES string of the molecule is CN(Cc1ccc(Cl)cc1)C(=O)CN1CCC(C(N)=O)CC1. The fourth-order valence-electron chi connectivity index (χ4n) is 2.64. The number of nitrogens with two attached hydrogens (primary N) is 1. The summed E-state index contributed by atoms with van der Waals surface area (Å²) in [5.74, 6) is -0.198. The number of rotatable bonds is 5. The molecule has 0 saturated carbocycles. The maximum Gasteiger partial charge on any atom is 0.236 e. The Bertz CT molecular complexity index is 525. The number of nitrogens with zero attached hydrogens (tertiary/aromatic N) is 2. The van der Waals surface area contributed by atoms with E-state index in [0.717, 1.165) is 31.5 Å². The van der Waals surface area contributed by atoms with E-state index in [9.17, 15) is 9.59 Å². The molecule has 1 saturated heterocycles. The smallest absolute Gasteiger partial charge is 0.236 e. The lowest BCUT2D eigenvalue weighted by molar-refractivity contribution is -0.132. The highest BCUT2D eigenvalue weighted by Crippen LogP contribution is 2.17. The molecule has 1 heterocycles. The van der Waals surface area contributed by atoms with Gasteiger partial charge in [0.15, 0.2) is 0 Å². The van der Waals surface area contributed by atoms with Gasteiger partial charge in [0, 0.05) is 24.5 Å². The molecule has 2 amide bonds. The van der Waals surface area contributed by atoms with Crippen LogP contribution in [-0.4, -0.2) is 48.3 Å². The van der Waals surface area contributed by atoms with Crippen molar-refractivity contribution in [2.75, 3.05) is 26.7 Å². The summed E-state index contributed by atoms with van der Waals surface area (Å²) in [6, 6.07) is 7.49. The van der Waals surface area contributed by atoms with Crippen molar-refractivity contribution in [1.82, 2.24) is 9.80 Å². The maximum atomic E-state index is 12.3. The van der Waals surface area contributed by atoms with Gasteiger partial charge in [-0.15, -0.1) is 0 Å². The van der Waals surface area contributed by atoms with E-state index in [1.165, 1.54) is 0 Å². The maximum absolute atomic E-state index is 12.3. The number of likely N-dealkylation sites (tertiary alicyclic amines) is 1. The van der Waals surface area contributed by atoms with E-state index in [1.54, 1.807) is 11.9 Å². The van der Waals surface area contributed by atoms with Crippen LogP contribution in [0.5, 0.6) is 0 Å². The van der Waals surface area contributed by atoms with Crippen molar-refractivity contribution in [3.05, 3.63) is 34.9 Å². The van der Waals surface area contributed by atoms with Crippen molar-refractivity contribution < 1.29 is 9.59 Å². The molecular formula is C16H22ClN3O2. The van der Waals surface area contributed by atoms with E-state index in [2.05, 4.69) is 4.90 Å². The minimum absolute atomic E-state index is 0.0434. The molecule has 0 spiro atoms. The summed E-state index contributed by atoms with van der Waals surface area (Å²) < 4.78 is 0. The molecule has 1 aliphatic rings. The predicted molar refractivity (Wildman–Crippen MR) is 86.3 cm³/mol. The van der Waals surface area contributed by atoms with Crippen LogP contribution in [0.25, 0.3) is 0 Å². The van der Waals surface area contributed by atoms with Crippen LogP contribution in [0, 0.1) is 5.92 Å². The van der Waals surface area contributed by atoms with E-state index in [4.69, 9.17) is 17.3 Å². The Hall–Kier alpha value is -1.59. The van der Waals surface area contributed by atoms with Gasteiger partial charge in [-0.25, -0.2) is 0 Å². The Labute approximate surface area is 136 Å². The molecule has 1 aromatic rings. The molecular weight excluding hydrogens is 302 g/mol. The summed E-state index contributed by atoms with van der Waals surface area (Å²) in [6.07, 6.45) is 1.48. The van der Waals surface area contributed by atoms with Gasteiger partial charge in [0.1, 0.15) is 0 Å². The molecule has 5 nitrogen and oxygen atoms in total. The van der Waals surface area contributed by atoms with Crippen LogP contribution in [0.4, 0.5) is 0 Å². The van der Waals surface area contributed by atoms with Crippen LogP contribution in [0.1, 0.15) is 18.4 Å². The summed E-state index contributed by atoms with van der Waals surface area (Å²) >= 11 is 5.85. The summed E-state index contributed by atoms with van der Waals surface area (Å²) in [5, 5.41) is 0.690. The fraction of sp³-hybridized carbons (Fsp3) is 0.500. The average molecular weight is 324 g/mol. The normalized spacial score (nSPS) is 16.5. The zero-order valence-electron chi connectivity index (χ0n) is 12.8. The zero-order valence-corrected chi connectivity index (χ0v) is 13.6. The van der Waals surface area contributed by atoms with Crippen molar-refractivity contribution in [1.29, 1.82) is 0 Å². The first kappa shape index (κ1) is 16.8. The van der Waals surface area contributed by atoms with Crippen LogP contribution in [0.2, 0.25) is 5.02 Å². The highest BCUT2D eigenvalue weighted by atomic mass is 35.5. The van der Waals surface area contributed by atoms with E-state index in [0.29, 0.717) is 18.1 Å². The molecule has 2 rings (SSSR count). The molecule has 2 N–H and O–H groups in total. The quantitative estimate of drug-likeness (QED) is 0.893. The van der Waals surface area contributed by atoms with E-state index in [-0.39, 0.29) is 17.7 Å². The molecule has 1 aromatic carbocycles. The number of carbonyl (C=O) groups excluding carboxylic acids is 2. The van der Waals surface area contributed by atoms with Crippen molar-refractivity contribution in [2.24, 2.45) is 11.7 Å². The molecule has 0 atom stereocenters. The van der Waals surface area contributed by atoms with Crippen LogP contribution < -0.4 is 5.73 Å². The first-order chi connectivity index (χ1) is 10.5. The Morgan fingerprint density at radius 3 is 2.41 bits per heavy atom. The second kappa shape index (κ2) is 7.61. The number of amides is 2. The van der Waals surface area contributed by atoms with Crippen LogP contribution in [-0.2, 0) is 16.1 Å². The predicted octanol–water partition coefficient (Wildman–Crippen LogP) is 1.50. The number of primary amides is 1. The van der Waals surface area contributed by atoms with Crippen molar-refractivity contribution in [2.45, 2.75) is 19.4 Å². The van der Waals surface area contributed by atoms with Gasteiger partial charge in [-0.3, -0.25) is 14.5 Å². The molecule has 1 aliphatic heterocycles. The Morgan fingerprint density at radius 2 is 1.86 bits per heavy atom. The topological polar surface area (TPSA) is 66.6 Å². The summed E-state index contributed by atoms with van der Waals surface area (Å²) in [5.41, 5.74) is 6.37. The number of hydrogen-bond donors (Lipinski definition) is 1. The molecule has 0 aliphatic carbocycles. The minimum atomic E-state index is -0.231.